The van der Waals surface area contributed by atoms with E-state index in [0.29, 0.717) is 31.8 Å². The van der Waals surface area contributed by atoms with Gasteiger partial charge in [-0.2, -0.15) is 0 Å². The molecule has 1 aliphatic heterocycles. The fourth-order valence-corrected chi connectivity index (χ4v) is 3.19. The maximum atomic E-state index is 13.1. The van der Waals surface area contributed by atoms with Crippen LogP contribution in [0.15, 0.2) is 47.1 Å². The molecule has 3 aromatic rings. The highest BCUT2D eigenvalue weighted by Crippen LogP contribution is 2.25. The van der Waals surface area contributed by atoms with E-state index in [1.165, 1.54) is 6.07 Å². The van der Waals surface area contributed by atoms with Crippen LogP contribution in [0.25, 0.3) is 0 Å². The fraction of sp³-hybridized carbons (Fsp3) is 0.250. The second-order valence-corrected chi connectivity index (χ2v) is 6.48. The van der Waals surface area contributed by atoms with E-state index < -0.39 is 5.82 Å². The average Bonchev–Trinajstić information content (AvgIpc) is 3.09. The number of benzene rings is 1. The third kappa shape index (κ3) is 3.67. The molecule has 0 saturated carbocycles. The molecule has 1 N–H and O–H groups in total. The van der Waals surface area contributed by atoms with Crippen molar-refractivity contribution >= 4 is 5.91 Å². The molecule has 0 bridgehead atoms. The van der Waals surface area contributed by atoms with E-state index in [2.05, 4.69) is 9.97 Å². The van der Waals surface area contributed by atoms with Crippen LogP contribution in [0, 0.1) is 5.82 Å². The van der Waals surface area contributed by atoms with Crippen LogP contribution in [0.5, 0.6) is 5.75 Å². The zero-order chi connectivity index (χ0) is 18.8. The quantitative estimate of drug-likeness (QED) is 0.767. The molecule has 27 heavy (non-hydrogen) atoms. The van der Waals surface area contributed by atoms with Gasteiger partial charge in [0.15, 0.2) is 5.89 Å². The number of carbonyl (C=O) groups excluding carboxylic acids is 1. The molecule has 0 aliphatic carbocycles. The first-order valence-electron chi connectivity index (χ1n) is 8.74. The highest BCUT2D eigenvalue weighted by molar-refractivity contribution is 5.96. The molecular formula is C20H18FN3O3. The number of phenols is 1. The Morgan fingerprint density at radius 1 is 1.30 bits per heavy atom. The molecular weight excluding hydrogens is 349 g/mol. The summed E-state index contributed by atoms with van der Waals surface area (Å²) in [4.78, 5) is 22.8. The Hall–Kier alpha value is -3.22. The van der Waals surface area contributed by atoms with Gasteiger partial charge in [0.2, 0.25) is 0 Å². The topological polar surface area (TPSA) is 79.5 Å². The molecule has 0 saturated heterocycles. The van der Waals surface area contributed by atoms with Gasteiger partial charge in [0.25, 0.3) is 5.91 Å². The molecule has 0 atom stereocenters. The number of rotatable bonds is 4. The van der Waals surface area contributed by atoms with Crippen LogP contribution < -0.4 is 0 Å². The summed E-state index contributed by atoms with van der Waals surface area (Å²) in [6, 6.07) is 7.30. The van der Waals surface area contributed by atoms with Crippen molar-refractivity contribution in [2.45, 2.75) is 25.8 Å². The molecule has 7 heteroatoms. The van der Waals surface area contributed by atoms with Crippen LogP contribution in [0.2, 0.25) is 0 Å². The smallest absolute Gasteiger partial charge is 0.257 e. The van der Waals surface area contributed by atoms with Crippen molar-refractivity contribution in [3.63, 3.8) is 0 Å². The number of oxazole rings is 1. The number of hydrogen-bond acceptors (Lipinski definition) is 5. The van der Waals surface area contributed by atoms with E-state index in [1.807, 2.05) is 18.3 Å². The second-order valence-electron chi connectivity index (χ2n) is 6.48. The Balaban J connectivity index is 1.45. The van der Waals surface area contributed by atoms with Crippen LogP contribution >= 0.6 is 0 Å². The number of nitrogens with zero attached hydrogens (tertiary/aromatic N) is 3. The number of aromatic hydroxyl groups is 1. The summed E-state index contributed by atoms with van der Waals surface area (Å²) in [6.07, 6.45) is 5.55. The Labute approximate surface area is 155 Å². The molecule has 1 aromatic carbocycles. The van der Waals surface area contributed by atoms with E-state index >= 15 is 0 Å². The standard InChI is InChI=1S/C20H18FN3O3/c21-14-4-5-15(17(25)10-14)20(26)24-9-7-18-16(12-24)23-19(27-18)6-3-13-2-1-8-22-11-13/h1-2,4-5,8,10-11,25H,3,6-7,9,12H2. The van der Waals surface area contributed by atoms with Crippen LogP contribution in [-0.2, 0) is 25.8 Å². The maximum absolute atomic E-state index is 13.1. The highest BCUT2D eigenvalue weighted by Gasteiger charge is 2.27. The van der Waals surface area contributed by atoms with E-state index in [-0.39, 0.29) is 17.2 Å². The molecule has 0 radical (unpaired) electrons. The molecule has 1 amide bonds. The van der Waals surface area contributed by atoms with Gasteiger partial charge in [0.05, 0.1) is 12.1 Å². The third-order valence-corrected chi connectivity index (χ3v) is 4.60. The van der Waals surface area contributed by atoms with Gasteiger partial charge in [0.1, 0.15) is 23.0 Å². The number of hydrogen-bond donors (Lipinski definition) is 1. The van der Waals surface area contributed by atoms with Gasteiger partial charge in [-0.3, -0.25) is 9.78 Å². The van der Waals surface area contributed by atoms with Gasteiger partial charge in [-0.15, -0.1) is 0 Å². The molecule has 4 rings (SSSR count). The molecule has 6 nitrogen and oxygen atoms in total. The zero-order valence-electron chi connectivity index (χ0n) is 14.6. The van der Waals surface area contributed by atoms with Gasteiger partial charge in [0, 0.05) is 37.8 Å². The summed E-state index contributed by atoms with van der Waals surface area (Å²) in [6.45, 7) is 0.765. The van der Waals surface area contributed by atoms with Gasteiger partial charge in [-0.25, -0.2) is 9.37 Å². The fourth-order valence-electron chi connectivity index (χ4n) is 3.19. The van der Waals surface area contributed by atoms with Gasteiger partial charge in [-0.1, -0.05) is 6.07 Å². The number of fused-ring (bicyclic) bond motifs is 1. The molecule has 0 unspecified atom stereocenters. The van der Waals surface area contributed by atoms with Crippen LogP contribution in [-0.4, -0.2) is 32.4 Å². The largest absolute Gasteiger partial charge is 0.507 e. The lowest BCUT2D eigenvalue weighted by molar-refractivity contribution is 0.0724. The number of aromatic nitrogens is 2. The Morgan fingerprint density at radius 2 is 2.19 bits per heavy atom. The van der Waals surface area contributed by atoms with Crippen molar-refractivity contribution in [2.75, 3.05) is 6.54 Å². The maximum Gasteiger partial charge on any atom is 0.257 e. The first-order chi connectivity index (χ1) is 13.1. The van der Waals surface area contributed by atoms with Crippen molar-refractivity contribution in [1.82, 2.24) is 14.9 Å². The normalized spacial score (nSPS) is 13.4. The second kappa shape index (κ2) is 7.19. The SMILES string of the molecule is O=C(c1ccc(F)cc1O)N1CCc2oc(CCc3cccnc3)nc2C1. The number of carbonyl (C=O) groups is 1. The minimum atomic E-state index is -0.584. The molecule has 0 fully saturated rings. The van der Waals surface area contributed by atoms with Crippen molar-refractivity contribution in [1.29, 1.82) is 0 Å². The molecule has 1 aliphatic rings. The Kier molecular flexibility index (Phi) is 4.58. The van der Waals surface area contributed by atoms with Crippen molar-refractivity contribution < 1.29 is 18.7 Å². The minimum Gasteiger partial charge on any atom is -0.507 e. The Morgan fingerprint density at radius 3 is 2.96 bits per heavy atom. The first-order valence-corrected chi connectivity index (χ1v) is 8.74. The van der Waals surface area contributed by atoms with Crippen molar-refractivity contribution in [2.24, 2.45) is 0 Å². The summed E-state index contributed by atoms with van der Waals surface area (Å²) >= 11 is 0. The summed E-state index contributed by atoms with van der Waals surface area (Å²) in [5.74, 6) is 0.146. The minimum absolute atomic E-state index is 0.0835. The van der Waals surface area contributed by atoms with Gasteiger partial charge < -0.3 is 14.4 Å². The lowest BCUT2D eigenvalue weighted by atomic mass is 10.1. The zero-order valence-corrected chi connectivity index (χ0v) is 14.6. The number of aryl methyl sites for hydroxylation is 2. The number of pyridine rings is 1. The van der Waals surface area contributed by atoms with E-state index in [0.717, 1.165) is 35.6 Å². The lowest BCUT2D eigenvalue weighted by Gasteiger charge is -2.25. The number of halogens is 1. The molecule has 2 aromatic heterocycles. The van der Waals surface area contributed by atoms with Crippen LogP contribution in [0.3, 0.4) is 0 Å². The van der Waals surface area contributed by atoms with Crippen LogP contribution in [0.4, 0.5) is 4.39 Å². The lowest BCUT2D eigenvalue weighted by Crippen LogP contribution is -2.35. The predicted octanol–water partition coefficient (Wildman–Crippen LogP) is 2.90. The third-order valence-electron chi connectivity index (χ3n) is 4.60. The predicted molar refractivity (Wildman–Crippen MR) is 94.7 cm³/mol. The average molecular weight is 367 g/mol. The highest BCUT2D eigenvalue weighted by atomic mass is 19.1. The van der Waals surface area contributed by atoms with Crippen molar-refractivity contribution in [3.8, 4) is 5.75 Å². The van der Waals surface area contributed by atoms with E-state index in [4.69, 9.17) is 4.42 Å². The number of phenolic OH excluding ortho intramolecular Hbond substituents is 1. The van der Waals surface area contributed by atoms with E-state index in [1.54, 1.807) is 11.1 Å². The molecule has 3 heterocycles. The summed E-state index contributed by atoms with van der Waals surface area (Å²) in [5, 5.41) is 9.84. The summed E-state index contributed by atoms with van der Waals surface area (Å²) < 4.78 is 19.0. The van der Waals surface area contributed by atoms with Gasteiger partial charge in [-0.05, 0) is 30.2 Å². The summed E-state index contributed by atoms with van der Waals surface area (Å²) in [5.41, 5.74) is 1.93. The molecule has 0 spiro atoms. The van der Waals surface area contributed by atoms with Gasteiger partial charge >= 0.3 is 0 Å². The Bertz CT molecular complexity index is 972. The number of amides is 1. The van der Waals surface area contributed by atoms with Crippen LogP contribution in [0.1, 0.15) is 33.3 Å². The summed E-state index contributed by atoms with van der Waals surface area (Å²) in [7, 11) is 0. The first kappa shape index (κ1) is 17.2. The monoisotopic (exact) mass is 367 g/mol. The van der Waals surface area contributed by atoms with Crippen molar-refractivity contribution in [3.05, 3.63) is 77.0 Å². The van der Waals surface area contributed by atoms with E-state index in [9.17, 15) is 14.3 Å². The molecule has 138 valence electrons.